The number of hydrogen-bond acceptors (Lipinski definition) is 3. The van der Waals surface area contributed by atoms with Crippen LogP contribution in [0.3, 0.4) is 0 Å². The molecule has 1 saturated heterocycles. The molecule has 0 aromatic carbocycles. The summed E-state index contributed by atoms with van der Waals surface area (Å²) in [6.07, 6.45) is 0. The summed E-state index contributed by atoms with van der Waals surface area (Å²) in [5.74, 6) is 0.227. The van der Waals surface area contributed by atoms with Gasteiger partial charge in [-0.15, -0.1) is 0 Å². The lowest BCUT2D eigenvalue weighted by Gasteiger charge is -2.34. The van der Waals surface area contributed by atoms with Gasteiger partial charge in [-0.05, 0) is 12.3 Å². The summed E-state index contributed by atoms with van der Waals surface area (Å²) < 4.78 is 25.9. The van der Waals surface area contributed by atoms with E-state index in [0.717, 1.165) is 13.1 Å². The van der Waals surface area contributed by atoms with Crippen LogP contribution in [0.5, 0.6) is 0 Å². The van der Waals surface area contributed by atoms with E-state index in [4.69, 9.17) is 0 Å². The number of piperazine rings is 1. The van der Waals surface area contributed by atoms with E-state index in [0.29, 0.717) is 6.54 Å². The first kappa shape index (κ1) is 12.9. The average molecular weight is 234 g/mol. The van der Waals surface area contributed by atoms with E-state index in [-0.39, 0.29) is 17.2 Å². The maximum absolute atomic E-state index is 12.1. The van der Waals surface area contributed by atoms with Crippen molar-refractivity contribution < 1.29 is 8.42 Å². The molecule has 4 nitrogen and oxygen atoms in total. The van der Waals surface area contributed by atoms with Crippen molar-refractivity contribution in [1.82, 2.24) is 9.62 Å². The monoisotopic (exact) mass is 234 g/mol. The van der Waals surface area contributed by atoms with Crippen molar-refractivity contribution in [2.24, 2.45) is 5.41 Å². The van der Waals surface area contributed by atoms with Gasteiger partial charge < -0.3 is 5.32 Å². The topological polar surface area (TPSA) is 49.4 Å². The zero-order valence-electron chi connectivity index (χ0n) is 10.1. The van der Waals surface area contributed by atoms with Gasteiger partial charge in [0.25, 0.3) is 0 Å². The Hall–Kier alpha value is -0.130. The predicted octanol–water partition coefficient (Wildman–Crippen LogP) is 0.656. The molecule has 5 heteroatoms. The predicted molar refractivity (Wildman–Crippen MR) is 62.3 cm³/mol. The van der Waals surface area contributed by atoms with Crippen LogP contribution >= 0.6 is 0 Å². The largest absolute Gasteiger partial charge is 0.314 e. The summed E-state index contributed by atoms with van der Waals surface area (Å²) in [5, 5.41) is 3.19. The maximum atomic E-state index is 12.1. The van der Waals surface area contributed by atoms with Crippen LogP contribution < -0.4 is 5.32 Å². The second-order valence-electron chi connectivity index (χ2n) is 5.48. The van der Waals surface area contributed by atoms with E-state index >= 15 is 0 Å². The van der Waals surface area contributed by atoms with Crippen LogP contribution in [0.2, 0.25) is 0 Å². The van der Waals surface area contributed by atoms with Crippen molar-refractivity contribution in [3.8, 4) is 0 Å². The van der Waals surface area contributed by atoms with E-state index in [2.05, 4.69) is 5.32 Å². The molecule has 1 heterocycles. The van der Waals surface area contributed by atoms with Crippen LogP contribution in [-0.2, 0) is 10.0 Å². The smallest absolute Gasteiger partial charge is 0.214 e. The SMILES string of the molecule is CC1CNCCN1S(=O)(=O)CC(C)(C)C. The summed E-state index contributed by atoms with van der Waals surface area (Å²) in [6, 6.07) is 0.0751. The Morgan fingerprint density at radius 3 is 2.47 bits per heavy atom. The first-order chi connectivity index (χ1) is 6.72. The Bertz CT molecular complexity index is 306. The highest BCUT2D eigenvalue weighted by molar-refractivity contribution is 7.89. The van der Waals surface area contributed by atoms with Crippen LogP contribution in [-0.4, -0.2) is 44.2 Å². The Morgan fingerprint density at radius 1 is 1.40 bits per heavy atom. The van der Waals surface area contributed by atoms with Gasteiger partial charge in [0.2, 0.25) is 10.0 Å². The highest BCUT2D eigenvalue weighted by atomic mass is 32.2. The first-order valence-electron chi connectivity index (χ1n) is 5.43. The van der Waals surface area contributed by atoms with Gasteiger partial charge in [0.15, 0.2) is 0 Å². The molecule has 0 aromatic heterocycles. The summed E-state index contributed by atoms with van der Waals surface area (Å²) in [4.78, 5) is 0. The van der Waals surface area contributed by atoms with Crippen molar-refractivity contribution in [3.63, 3.8) is 0 Å². The van der Waals surface area contributed by atoms with Gasteiger partial charge in [-0.1, -0.05) is 20.8 Å². The molecule has 15 heavy (non-hydrogen) atoms. The third kappa shape index (κ3) is 3.74. The van der Waals surface area contributed by atoms with Gasteiger partial charge in [0.05, 0.1) is 5.75 Å². The summed E-state index contributed by atoms with van der Waals surface area (Å²) in [5.41, 5.74) is -0.177. The molecule has 90 valence electrons. The quantitative estimate of drug-likeness (QED) is 0.763. The molecule has 0 aromatic rings. The zero-order valence-corrected chi connectivity index (χ0v) is 10.9. The normalized spacial score (nSPS) is 25.5. The van der Waals surface area contributed by atoms with Gasteiger partial charge in [0.1, 0.15) is 0 Å². The fraction of sp³-hybridized carbons (Fsp3) is 1.00. The van der Waals surface area contributed by atoms with Gasteiger partial charge in [-0.25, -0.2) is 8.42 Å². The van der Waals surface area contributed by atoms with E-state index in [1.54, 1.807) is 4.31 Å². The van der Waals surface area contributed by atoms with Gasteiger partial charge in [0, 0.05) is 25.7 Å². The van der Waals surface area contributed by atoms with Crippen molar-refractivity contribution in [1.29, 1.82) is 0 Å². The molecule has 1 fully saturated rings. The van der Waals surface area contributed by atoms with Crippen molar-refractivity contribution in [2.75, 3.05) is 25.4 Å². The summed E-state index contributed by atoms with van der Waals surface area (Å²) in [7, 11) is -3.10. The summed E-state index contributed by atoms with van der Waals surface area (Å²) >= 11 is 0. The second kappa shape index (κ2) is 4.39. The van der Waals surface area contributed by atoms with E-state index in [1.807, 2.05) is 27.7 Å². The van der Waals surface area contributed by atoms with Crippen molar-refractivity contribution >= 4 is 10.0 Å². The molecule has 1 rings (SSSR count). The molecule has 0 radical (unpaired) electrons. The third-order valence-electron chi connectivity index (χ3n) is 2.41. The van der Waals surface area contributed by atoms with Crippen molar-refractivity contribution in [3.05, 3.63) is 0 Å². The fourth-order valence-electron chi connectivity index (χ4n) is 1.87. The lowest BCUT2D eigenvalue weighted by atomic mass is 10.0. The van der Waals surface area contributed by atoms with Crippen molar-refractivity contribution in [2.45, 2.75) is 33.7 Å². The molecular formula is C10H22N2O2S. The molecule has 0 amide bonds. The van der Waals surface area contributed by atoms with Crippen LogP contribution in [0.25, 0.3) is 0 Å². The highest BCUT2D eigenvalue weighted by Gasteiger charge is 2.32. The fourth-order valence-corrected chi connectivity index (χ4v) is 4.12. The van der Waals surface area contributed by atoms with Gasteiger partial charge in [-0.2, -0.15) is 4.31 Å². The number of rotatable bonds is 2. The van der Waals surface area contributed by atoms with Gasteiger partial charge >= 0.3 is 0 Å². The molecule has 0 saturated carbocycles. The molecular weight excluding hydrogens is 212 g/mol. The number of nitrogens with one attached hydrogen (secondary N) is 1. The molecule has 0 spiro atoms. The maximum Gasteiger partial charge on any atom is 0.214 e. The van der Waals surface area contributed by atoms with E-state index < -0.39 is 10.0 Å². The standard InChI is InChI=1S/C10H22N2O2S/c1-9-7-11-5-6-12(9)15(13,14)8-10(2,3)4/h9,11H,5-8H2,1-4H3. The van der Waals surface area contributed by atoms with E-state index in [1.165, 1.54) is 0 Å². The molecule has 1 atom stereocenters. The average Bonchev–Trinajstić information content (AvgIpc) is 1.99. The highest BCUT2D eigenvalue weighted by Crippen LogP contribution is 2.20. The number of hydrogen-bond donors (Lipinski definition) is 1. The first-order valence-corrected chi connectivity index (χ1v) is 7.03. The third-order valence-corrected chi connectivity index (χ3v) is 4.90. The Labute approximate surface area is 93.1 Å². The zero-order chi connectivity index (χ0) is 11.7. The number of sulfonamides is 1. The lowest BCUT2D eigenvalue weighted by Crippen LogP contribution is -2.53. The molecule has 0 aliphatic carbocycles. The van der Waals surface area contributed by atoms with Crippen LogP contribution in [0.1, 0.15) is 27.7 Å². The van der Waals surface area contributed by atoms with Gasteiger partial charge in [-0.3, -0.25) is 0 Å². The second-order valence-corrected chi connectivity index (χ2v) is 7.40. The minimum Gasteiger partial charge on any atom is -0.314 e. The lowest BCUT2D eigenvalue weighted by molar-refractivity contribution is 0.279. The Balaban J connectivity index is 2.76. The minimum absolute atomic E-state index is 0.0751. The van der Waals surface area contributed by atoms with Crippen LogP contribution in [0.15, 0.2) is 0 Å². The van der Waals surface area contributed by atoms with Crippen LogP contribution in [0.4, 0.5) is 0 Å². The summed E-state index contributed by atoms with van der Waals surface area (Å²) in [6.45, 7) is 9.93. The molecule has 1 N–H and O–H groups in total. The molecule has 1 aliphatic rings. The van der Waals surface area contributed by atoms with Crippen LogP contribution in [0, 0.1) is 5.41 Å². The number of nitrogens with zero attached hydrogens (tertiary/aromatic N) is 1. The van der Waals surface area contributed by atoms with E-state index in [9.17, 15) is 8.42 Å². The molecule has 0 bridgehead atoms. The Morgan fingerprint density at radius 2 is 2.00 bits per heavy atom. The molecule has 1 aliphatic heterocycles. The Kier molecular flexibility index (Phi) is 3.79. The minimum atomic E-state index is -3.10. The molecule has 1 unspecified atom stereocenters.